The molecule has 2 amide bonds. The van der Waals surface area contributed by atoms with Crippen molar-refractivity contribution < 1.29 is 18.5 Å². The standard InChI is InChI=1S/C24H34N2O4S/c1-17-5-7-21(8-6-17)26-15-19(14-23(26)27)24(28)25-20-4-2-3-18(13-20)16-31(29)22-9-11-30-12-10-22/h2-4,13,17,19,21-22H,5-12,14-16H2,1H3,(H,25,28). The van der Waals surface area contributed by atoms with Gasteiger partial charge in [-0.15, -0.1) is 0 Å². The molecule has 3 aliphatic rings. The van der Waals surface area contributed by atoms with Gasteiger partial charge in [-0.25, -0.2) is 0 Å². The van der Waals surface area contributed by atoms with Gasteiger partial charge in [-0.05, 0) is 62.1 Å². The molecule has 3 fully saturated rings. The van der Waals surface area contributed by atoms with Gasteiger partial charge in [-0.2, -0.15) is 0 Å². The number of carbonyl (C=O) groups excluding carboxylic acids is 2. The lowest BCUT2D eigenvalue weighted by Crippen LogP contribution is -2.39. The summed E-state index contributed by atoms with van der Waals surface area (Å²) < 4.78 is 18.0. The smallest absolute Gasteiger partial charge is 0.229 e. The predicted octanol–water partition coefficient (Wildman–Crippen LogP) is 3.48. The molecule has 2 atom stereocenters. The largest absolute Gasteiger partial charge is 0.381 e. The molecule has 2 heterocycles. The van der Waals surface area contributed by atoms with Crippen LogP contribution in [-0.4, -0.2) is 52.0 Å². The topological polar surface area (TPSA) is 75.7 Å². The van der Waals surface area contributed by atoms with Crippen LogP contribution < -0.4 is 5.32 Å². The molecule has 31 heavy (non-hydrogen) atoms. The Hall–Kier alpha value is -1.73. The first-order chi connectivity index (χ1) is 15.0. The normalized spacial score (nSPS) is 28.5. The van der Waals surface area contributed by atoms with Crippen molar-refractivity contribution in [1.29, 1.82) is 0 Å². The number of amides is 2. The molecule has 1 aromatic rings. The molecule has 1 N–H and O–H groups in total. The summed E-state index contributed by atoms with van der Waals surface area (Å²) in [5.74, 6) is 0.945. The fraction of sp³-hybridized carbons (Fsp3) is 0.667. The fourth-order valence-corrected chi connectivity index (χ4v) is 6.48. The SMILES string of the molecule is CC1CCC(N2CC(C(=O)Nc3cccc(CS(=O)C4CCOCC4)c3)CC2=O)CC1. The van der Waals surface area contributed by atoms with Crippen molar-refractivity contribution in [3.63, 3.8) is 0 Å². The highest BCUT2D eigenvalue weighted by molar-refractivity contribution is 7.84. The highest BCUT2D eigenvalue weighted by Crippen LogP contribution is 2.31. The molecular weight excluding hydrogens is 412 g/mol. The zero-order valence-corrected chi connectivity index (χ0v) is 19.2. The average Bonchev–Trinajstić information content (AvgIpc) is 3.17. The van der Waals surface area contributed by atoms with Gasteiger partial charge in [0.2, 0.25) is 11.8 Å². The zero-order chi connectivity index (χ0) is 21.8. The van der Waals surface area contributed by atoms with Crippen LogP contribution in [0.2, 0.25) is 0 Å². The van der Waals surface area contributed by atoms with E-state index in [-0.39, 0.29) is 23.0 Å². The number of likely N-dealkylation sites (tertiary alicyclic amines) is 1. The lowest BCUT2D eigenvalue weighted by Gasteiger charge is -2.33. The van der Waals surface area contributed by atoms with Crippen molar-refractivity contribution in [2.75, 3.05) is 25.1 Å². The molecule has 1 aromatic carbocycles. The fourth-order valence-electron chi connectivity index (χ4n) is 5.02. The molecule has 0 aromatic heterocycles. The van der Waals surface area contributed by atoms with Crippen LogP contribution in [0.25, 0.3) is 0 Å². The van der Waals surface area contributed by atoms with Crippen LogP contribution in [-0.2, 0) is 30.9 Å². The lowest BCUT2D eigenvalue weighted by atomic mass is 9.87. The van der Waals surface area contributed by atoms with Crippen LogP contribution in [0.3, 0.4) is 0 Å². The second kappa shape index (κ2) is 10.3. The minimum absolute atomic E-state index is 0.0947. The molecule has 7 heteroatoms. The molecule has 0 spiro atoms. The molecule has 1 saturated carbocycles. The molecule has 170 valence electrons. The second-order valence-corrected chi connectivity index (χ2v) is 11.1. The number of rotatable bonds is 6. The Kier molecular flexibility index (Phi) is 7.43. The maximum atomic E-state index is 12.9. The van der Waals surface area contributed by atoms with E-state index in [9.17, 15) is 13.8 Å². The molecule has 4 rings (SSSR count). The van der Waals surface area contributed by atoms with E-state index in [2.05, 4.69) is 12.2 Å². The molecule has 1 aliphatic carbocycles. The average molecular weight is 447 g/mol. The molecule has 0 bridgehead atoms. The van der Waals surface area contributed by atoms with Gasteiger partial charge < -0.3 is 15.0 Å². The van der Waals surface area contributed by atoms with Crippen LogP contribution >= 0.6 is 0 Å². The Morgan fingerprint density at radius 2 is 1.90 bits per heavy atom. The third kappa shape index (κ3) is 5.75. The third-order valence-corrected chi connectivity index (χ3v) is 8.83. The highest BCUT2D eigenvalue weighted by atomic mass is 32.2. The Bertz CT molecular complexity index is 816. The van der Waals surface area contributed by atoms with Crippen LogP contribution in [0.1, 0.15) is 57.4 Å². The summed E-state index contributed by atoms with van der Waals surface area (Å²) in [5, 5.41) is 3.18. The minimum atomic E-state index is -0.940. The van der Waals surface area contributed by atoms with Gasteiger partial charge in [0.1, 0.15) is 0 Å². The van der Waals surface area contributed by atoms with Crippen LogP contribution in [0, 0.1) is 11.8 Å². The molecule has 2 aliphatic heterocycles. The molecule has 6 nitrogen and oxygen atoms in total. The van der Waals surface area contributed by atoms with Crippen LogP contribution in [0.5, 0.6) is 0 Å². The van der Waals surface area contributed by atoms with Gasteiger partial charge in [0.15, 0.2) is 0 Å². The first-order valence-corrected chi connectivity index (χ1v) is 13.0. The molecule has 0 radical (unpaired) electrons. The van der Waals surface area contributed by atoms with Crippen molar-refractivity contribution in [2.24, 2.45) is 11.8 Å². The van der Waals surface area contributed by atoms with Crippen LogP contribution in [0.4, 0.5) is 5.69 Å². The van der Waals surface area contributed by atoms with Crippen molar-refractivity contribution in [3.05, 3.63) is 29.8 Å². The molecular formula is C24H34N2O4S. The molecule has 2 unspecified atom stereocenters. The van der Waals surface area contributed by atoms with Gasteiger partial charge in [0, 0.05) is 59.7 Å². The highest BCUT2D eigenvalue weighted by Gasteiger charge is 2.38. The van der Waals surface area contributed by atoms with Crippen molar-refractivity contribution in [2.45, 2.75) is 68.9 Å². The van der Waals surface area contributed by atoms with E-state index in [0.29, 0.717) is 43.7 Å². The van der Waals surface area contributed by atoms with Crippen molar-refractivity contribution >= 4 is 28.3 Å². The number of carbonyl (C=O) groups is 2. The van der Waals surface area contributed by atoms with Crippen LogP contribution in [0.15, 0.2) is 24.3 Å². The number of anilines is 1. The summed E-state index contributed by atoms with van der Waals surface area (Å²) in [7, 11) is -0.940. The summed E-state index contributed by atoms with van der Waals surface area (Å²) in [6.45, 7) is 4.16. The van der Waals surface area contributed by atoms with Gasteiger partial charge in [0.05, 0.1) is 5.92 Å². The second-order valence-electron chi connectivity index (χ2n) is 9.39. The van der Waals surface area contributed by atoms with E-state index in [0.717, 1.165) is 50.0 Å². The Balaban J connectivity index is 1.32. The summed E-state index contributed by atoms with van der Waals surface area (Å²) in [6.07, 6.45) is 6.40. The Morgan fingerprint density at radius 1 is 1.16 bits per heavy atom. The quantitative estimate of drug-likeness (QED) is 0.726. The zero-order valence-electron chi connectivity index (χ0n) is 18.4. The van der Waals surface area contributed by atoms with Crippen molar-refractivity contribution in [3.8, 4) is 0 Å². The summed E-state index contributed by atoms with van der Waals surface area (Å²) in [4.78, 5) is 27.4. The number of nitrogens with zero attached hydrogens (tertiary/aromatic N) is 1. The van der Waals surface area contributed by atoms with E-state index in [1.54, 1.807) is 0 Å². The van der Waals surface area contributed by atoms with Gasteiger partial charge in [0.25, 0.3) is 0 Å². The van der Waals surface area contributed by atoms with E-state index in [1.165, 1.54) is 0 Å². The van der Waals surface area contributed by atoms with Gasteiger partial charge in [-0.1, -0.05) is 19.1 Å². The van der Waals surface area contributed by atoms with E-state index < -0.39 is 10.8 Å². The van der Waals surface area contributed by atoms with Gasteiger partial charge in [-0.3, -0.25) is 13.8 Å². The van der Waals surface area contributed by atoms with E-state index in [4.69, 9.17) is 4.74 Å². The monoisotopic (exact) mass is 446 g/mol. The van der Waals surface area contributed by atoms with Gasteiger partial charge >= 0.3 is 0 Å². The maximum absolute atomic E-state index is 12.9. The minimum Gasteiger partial charge on any atom is -0.381 e. The van der Waals surface area contributed by atoms with E-state index >= 15 is 0 Å². The number of hydrogen-bond acceptors (Lipinski definition) is 4. The lowest BCUT2D eigenvalue weighted by molar-refractivity contribution is -0.130. The third-order valence-electron chi connectivity index (χ3n) is 7.00. The first kappa shape index (κ1) is 22.5. The Labute approximate surface area is 187 Å². The van der Waals surface area contributed by atoms with Crippen molar-refractivity contribution in [1.82, 2.24) is 4.90 Å². The number of benzene rings is 1. The summed E-state index contributed by atoms with van der Waals surface area (Å²) >= 11 is 0. The number of nitrogens with one attached hydrogen (secondary N) is 1. The summed E-state index contributed by atoms with van der Waals surface area (Å²) in [5.41, 5.74) is 1.67. The maximum Gasteiger partial charge on any atom is 0.229 e. The molecule has 2 saturated heterocycles. The summed E-state index contributed by atoms with van der Waals surface area (Å²) in [6, 6.07) is 7.91. The first-order valence-electron chi connectivity index (χ1n) is 11.6. The number of ether oxygens (including phenoxy) is 1. The number of hydrogen-bond donors (Lipinski definition) is 1. The Morgan fingerprint density at radius 3 is 2.65 bits per heavy atom. The van der Waals surface area contributed by atoms with E-state index in [1.807, 2.05) is 29.2 Å². The predicted molar refractivity (Wildman–Crippen MR) is 122 cm³/mol.